The summed E-state index contributed by atoms with van der Waals surface area (Å²) < 4.78 is 0. The normalized spacial score (nSPS) is 12.5. The maximum Gasteiger partial charge on any atom is 0.0436 e. The average molecular weight is 133 g/mol. The fourth-order valence-corrected chi connectivity index (χ4v) is 0.877. The van der Waals surface area contributed by atoms with Crippen LogP contribution in [0.1, 0.15) is 24.1 Å². The minimum Gasteiger partial charge on any atom is -0.365 e. The van der Waals surface area contributed by atoms with Gasteiger partial charge in [0.25, 0.3) is 0 Å². The van der Waals surface area contributed by atoms with Gasteiger partial charge in [0.2, 0.25) is 0 Å². The number of hydrogen-bond acceptors (Lipinski definition) is 0. The van der Waals surface area contributed by atoms with Crippen LogP contribution in [0.3, 0.4) is 0 Å². The predicted octanol–water partition coefficient (Wildman–Crippen LogP) is 2.06. The van der Waals surface area contributed by atoms with Gasteiger partial charge in [-0.15, -0.1) is 6.42 Å². The number of aromatic amines is 1. The molecule has 1 heterocycles. The summed E-state index contributed by atoms with van der Waals surface area (Å²) in [6, 6.07) is 2.07. The van der Waals surface area contributed by atoms with Crippen molar-refractivity contribution in [2.45, 2.75) is 19.8 Å². The van der Waals surface area contributed by atoms with Crippen LogP contribution >= 0.6 is 0 Å². The first-order valence-corrected chi connectivity index (χ1v) is 3.35. The minimum atomic E-state index is 0.227. The van der Waals surface area contributed by atoms with Crippen LogP contribution in [0, 0.1) is 19.3 Å². The van der Waals surface area contributed by atoms with Gasteiger partial charge in [-0.05, 0) is 25.5 Å². The second-order valence-corrected chi connectivity index (χ2v) is 2.50. The van der Waals surface area contributed by atoms with Gasteiger partial charge in [-0.25, -0.2) is 0 Å². The van der Waals surface area contributed by atoms with Gasteiger partial charge in [-0.2, -0.15) is 0 Å². The number of H-pyrrole nitrogens is 1. The molecule has 0 unspecified atom stereocenters. The van der Waals surface area contributed by atoms with Gasteiger partial charge in [0, 0.05) is 17.8 Å². The summed E-state index contributed by atoms with van der Waals surface area (Å²) in [6.45, 7) is 4.04. The molecule has 1 aromatic heterocycles. The van der Waals surface area contributed by atoms with Crippen molar-refractivity contribution in [2.24, 2.45) is 0 Å². The van der Waals surface area contributed by atoms with Crippen LogP contribution in [-0.4, -0.2) is 4.98 Å². The fraction of sp³-hybridized carbons (Fsp3) is 0.333. The molecule has 0 aliphatic carbocycles. The van der Waals surface area contributed by atoms with E-state index in [1.54, 1.807) is 0 Å². The second kappa shape index (κ2) is 2.62. The lowest BCUT2D eigenvalue weighted by molar-refractivity contribution is 1.01. The molecule has 0 saturated heterocycles. The number of terminal acetylenes is 1. The highest BCUT2D eigenvalue weighted by molar-refractivity contribution is 5.25. The summed E-state index contributed by atoms with van der Waals surface area (Å²) in [5, 5.41) is 0. The molecular formula is C9H11N. The number of aromatic nitrogens is 1. The highest BCUT2D eigenvalue weighted by Crippen LogP contribution is 2.13. The van der Waals surface area contributed by atoms with Gasteiger partial charge in [0.15, 0.2) is 0 Å². The van der Waals surface area contributed by atoms with Gasteiger partial charge >= 0.3 is 0 Å². The first-order valence-electron chi connectivity index (χ1n) is 3.35. The Morgan fingerprint density at radius 1 is 1.70 bits per heavy atom. The molecule has 1 nitrogen and oxygen atoms in total. The van der Waals surface area contributed by atoms with Crippen LogP contribution in [-0.2, 0) is 0 Å². The Bertz CT molecular complexity index is 252. The molecule has 0 saturated carbocycles. The minimum absolute atomic E-state index is 0.227. The van der Waals surface area contributed by atoms with Crippen molar-refractivity contribution >= 4 is 0 Å². The van der Waals surface area contributed by atoms with Crippen LogP contribution in [0.4, 0.5) is 0 Å². The lowest BCUT2D eigenvalue weighted by Gasteiger charge is -1.96. The van der Waals surface area contributed by atoms with Crippen molar-refractivity contribution in [3.8, 4) is 12.3 Å². The molecule has 0 radical (unpaired) electrons. The van der Waals surface area contributed by atoms with Crippen LogP contribution in [0.25, 0.3) is 0 Å². The predicted molar refractivity (Wildman–Crippen MR) is 42.8 cm³/mol. The Morgan fingerprint density at radius 2 is 2.40 bits per heavy atom. The summed E-state index contributed by atoms with van der Waals surface area (Å²) in [5.41, 5.74) is 2.36. The first-order chi connectivity index (χ1) is 4.74. The standard InChI is InChI=1S/C9H11N/c1-4-7(2)9-5-8(3)10-6-9/h1,5-7,10H,2-3H3/t7-/m1/s1. The zero-order valence-corrected chi connectivity index (χ0v) is 6.31. The quantitative estimate of drug-likeness (QED) is 0.564. The maximum absolute atomic E-state index is 5.25. The van der Waals surface area contributed by atoms with E-state index in [4.69, 9.17) is 6.42 Å². The van der Waals surface area contributed by atoms with Gasteiger partial charge in [0.1, 0.15) is 0 Å². The molecule has 0 bridgehead atoms. The van der Waals surface area contributed by atoms with E-state index in [0.717, 1.165) is 5.69 Å². The zero-order valence-electron chi connectivity index (χ0n) is 6.31. The van der Waals surface area contributed by atoms with Crippen molar-refractivity contribution in [3.05, 3.63) is 23.5 Å². The van der Waals surface area contributed by atoms with Gasteiger partial charge in [0.05, 0.1) is 0 Å². The summed E-state index contributed by atoms with van der Waals surface area (Å²) >= 11 is 0. The van der Waals surface area contributed by atoms with Crippen molar-refractivity contribution in [3.63, 3.8) is 0 Å². The van der Waals surface area contributed by atoms with Crippen molar-refractivity contribution < 1.29 is 0 Å². The average Bonchev–Trinajstić information content (AvgIpc) is 2.34. The molecule has 0 fully saturated rings. The highest BCUT2D eigenvalue weighted by Gasteiger charge is 2.01. The molecule has 1 N–H and O–H groups in total. The molecule has 0 spiro atoms. The molecule has 0 aromatic carbocycles. The summed E-state index contributed by atoms with van der Waals surface area (Å²) in [4.78, 5) is 3.09. The number of hydrogen-bond donors (Lipinski definition) is 1. The van der Waals surface area contributed by atoms with E-state index in [0.29, 0.717) is 0 Å². The molecule has 1 heteroatoms. The fourth-order valence-electron chi connectivity index (χ4n) is 0.877. The van der Waals surface area contributed by atoms with Gasteiger partial charge in [-0.3, -0.25) is 0 Å². The number of nitrogens with one attached hydrogen (secondary N) is 1. The van der Waals surface area contributed by atoms with Gasteiger partial charge in [-0.1, -0.05) is 5.92 Å². The smallest absolute Gasteiger partial charge is 0.0436 e. The topological polar surface area (TPSA) is 15.8 Å². The molecule has 0 aliphatic rings. The zero-order chi connectivity index (χ0) is 7.56. The van der Waals surface area contributed by atoms with Crippen LogP contribution in [0.5, 0.6) is 0 Å². The van der Waals surface area contributed by atoms with Crippen LogP contribution in [0.15, 0.2) is 12.3 Å². The van der Waals surface area contributed by atoms with E-state index in [1.165, 1.54) is 5.56 Å². The van der Waals surface area contributed by atoms with Crippen LogP contribution < -0.4 is 0 Å². The summed E-state index contributed by atoms with van der Waals surface area (Å²) in [5.74, 6) is 2.90. The van der Waals surface area contributed by atoms with E-state index in [1.807, 2.05) is 20.0 Å². The molecule has 1 aromatic rings. The van der Waals surface area contributed by atoms with E-state index < -0.39 is 0 Å². The van der Waals surface area contributed by atoms with Crippen LogP contribution in [0.2, 0.25) is 0 Å². The Balaban J connectivity index is 2.87. The number of rotatable bonds is 1. The Hall–Kier alpha value is -1.16. The third-order valence-electron chi connectivity index (χ3n) is 1.60. The number of aryl methyl sites for hydroxylation is 1. The Kier molecular flexibility index (Phi) is 1.82. The Labute approximate surface area is 61.5 Å². The molecule has 10 heavy (non-hydrogen) atoms. The molecule has 0 amide bonds. The lowest BCUT2D eigenvalue weighted by atomic mass is 10.1. The molecule has 0 aliphatic heterocycles. The maximum atomic E-state index is 5.25. The summed E-state index contributed by atoms with van der Waals surface area (Å²) in [7, 11) is 0. The highest BCUT2D eigenvalue weighted by atomic mass is 14.7. The molecular weight excluding hydrogens is 122 g/mol. The third-order valence-corrected chi connectivity index (χ3v) is 1.60. The first kappa shape index (κ1) is 6.95. The monoisotopic (exact) mass is 133 g/mol. The van der Waals surface area contributed by atoms with Crippen molar-refractivity contribution in [1.29, 1.82) is 0 Å². The Morgan fingerprint density at radius 3 is 2.80 bits per heavy atom. The molecule has 52 valence electrons. The van der Waals surface area contributed by atoms with E-state index >= 15 is 0 Å². The van der Waals surface area contributed by atoms with Crippen molar-refractivity contribution in [2.75, 3.05) is 0 Å². The van der Waals surface area contributed by atoms with E-state index in [9.17, 15) is 0 Å². The summed E-state index contributed by atoms with van der Waals surface area (Å²) in [6.07, 6.45) is 7.21. The van der Waals surface area contributed by atoms with Crippen molar-refractivity contribution in [1.82, 2.24) is 4.98 Å². The third kappa shape index (κ3) is 1.22. The SMILES string of the molecule is C#C[C@@H](C)c1c[nH]c(C)c1. The molecule has 1 atom stereocenters. The lowest BCUT2D eigenvalue weighted by Crippen LogP contribution is -1.83. The molecule has 1 rings (SSSR count). The van der Waals surface area contributed by atoms with E-state index in [2.05, 4.69) is 17.0 Å². The second-order valence-electron chi connectivity index (χ2n) is 2.50. The van der Waals surface area contributed by atoms with E-state index in [-0.39, 0.29) is 5.92 Å². The largest absolute Gasteiger partial charge is 0.365 e. The van der Waals surface area contributed by atoms with Gasteiger partial charge < -0.3 is 4.98 Å².